The first-order valence-corrected chi connectivity index (χ1v) is 8.38. The van der Waals surface area contributed by atoms with E-state index in [-0.39, 0.29) is 18.3 Å². The maximum absolute atomic E-state index is 12.4. The lowest BCUT2D eigenvalue weighted by molar-refractivity contribution is -0.130. The van der Waals surface area contributed by atoms with Crippen LogP contribution in [0.4, 0.5) is 0 Å². The molecule has 0 heterocycles. The Bertz CT molecular complexity index is 796. The molecule has 1 amide bonds. The highest BCUT2D eigenvalue weighted by Crippen LogP contribution is 2.20. The summed E-state index contributed by atoms with van der Waals surface area (Å²) in [5, 5.41) is 0. The summed E-state index contributed by atoms with van der Waals surface area (Å²) in [6.45, 7) is 2.41. The molecule has 0 aliphatic heterocycles. The van der Waals surface area contributed by atoms with Gasteiger partial charge in [0.25, 0.3) is 5.91 Å². The molecular weight excluding hydrogens is 330 g/mol. The van der Waals surface area contributed by atoms with E-state index in [4.69, 9.17) is 9.47 Å². The second kappa shape index (κ2) is 9.42. The number of ether oxygens (including phenoxy) is 2. The minimum atomic E-state index is -0.152. The smallest absolute Gasteiger partial charge is 0.259 e. The predicted molar refractivity (Wildman–Crippen MR) is 102 cm³/mol. The van der Waals surface area contributed by atoms with E-state index in [1.807, 2.05) is 31.2 Å². The summed E-state index contributed by atoms with van der Waals surface area (Å²) in [7, 11) is 3.33. The van der Waals surface area contributed by atoms with E-state index in [1.165, 1.54) is 11.0 Å². The molecule has 5 nitrogen and oxygen atoms in total. The maximum Gasteiger partial charge on any atom is 0.259 e. The van der Waals surface area contributed by atoms with E-state index in [1.54, 1.807) is 44.4 Å². The van der Waals surface area contributed by atoms with Crippen molar-refractivity contribution in [3.63, 3.8) is 0 Å². The van der Waals surface area contributed by atoms with Gasteiger partial charge in [-0.25, -0.2) is 0 Å². The monoisotopic (exact) mass is 353 g/mol. The van der Waals surface area contributed by atoms with Gasteiger partial charge >= 0.3 is 0 Å². The second-order valence-electron chi connectivity index (χ2n) is 5.77. The van der Waals surface area contributed by atoms with E-state index in [2.05, 4.69) is 0 Å². The summed E-state index contributed by atoms with van der Waals surface area (Å²) in [6.07, 6.45) is 3.23. The Labute approximate surface area is 153 Å². The van der Waals surface area contributed by atoms with Crippen molar-refractivity contribution in [1.82, 2.24) is 4.90 Å². The molecule has 0 atom stereocenters. The quantitative estimate of drug-likeness (QED) is 0.539. The standard InChI is InChI=1S/C21H23NO4/c1-4-25-20-11-6-5-8-16(20)12-13-19(23)17-9-7-10-18(14-17)26-15-21(24)22(2)3/h5-14H,4,15H2,1-3H3. The van der Waals surface area contributed by atoms with Crippen LogP contribution in [0.15, 0.2) is 54.6 Å². The fraction of sp³-hybridized carbons (Fsp3) is 0.238. The Morgan fingerprint density at radius 2 is 1.81 bits per heavy atom. The van der Waals surface area contributed by atoms with Crippen LogP contribution in [0, 0.1) is 0 Å². The predicted octanol–water partition coefficient (Wildman–Crippen LogP) is 3.45. The summed E-state index contributed by atoms with van der Waals surface area (Å²) in [5.41, 5.74) is 1.33. The van der Waals surface area contributed by atoms with Crippen LogP contribution in [0.2, 0.25) is 0 Å². The number of hydrogen-bond donors (Lipinski definition) is 0. The van der Waals surface area contributed by atoms with Crippen molar-refractivity contribution in [1.29, 1.82) is 0 Å². The SMILES string of the molecule is CCOc1ccccc1C=CC(=O)c1cccc(OCC(=O)N(C)C)c1. The maximum atomic E-state index is 12.4. The van der Waals surface area contributed by atoms with Crippen molar-refractivity contribution in [2.75, 3.05) is 27.3 Å². The molecule has 136 valence electrons. The third-order valence-corrected chi connectivity index (χ3v) is 3.61. The van der Waals surface area contributed by atoms with Gasteiger partial charge in [-0.15, -0.1) is 0 Å². The molecule has 26 heavy (non-hydrogen) atoms. The molecule has 2 aromatic carbocycles. The van der Waals surface area contributed by atoms with Crippen LogP contribution in [0.3, 0.4) is 0 Å². The summed E-state index contributed by atoms with van der Waals surface area (Å²) in [6, 6.07) is 14.3. The molecule has 0 spiro atoms. The summed E-state index contributed by atoms with van der Waals surface area (Å²) >= 11 is 0. The largest absolute Gasteiger partial charge is 0.493 e. The van der Waals surface area contributed by atoms with Crippen molar-refractivity contribution in [3.05, 3.63) is 65.7 Å². The lowest BCUT2D eigenvalue weighted by Crippen LogP contribution is -2.27. The van der Waals surface area contributed by atoms with Gasteiger partial charge in [-0.05, 0) is 37.3 Å². The molecule has 0 saturated heterocycles. The van der Waals surface area contributed by atoms with Gasteiger partial charge in [0.05, 0.1) is 6.61 Å². The van der Waals surface area contributed by atoms with Gasteiger partial charge in [0, 0.05) is 25.2 Å². The molecule has 0 saturated carbocycles. The molecule has 0 N–H and O–H groups in total. The zero-order valence-electron chi connectivity index (χ0n) is 15.3. The molecule has 0 radical (unpaired) electrons. The third kappa shape index (κ3) is 5.48. The van der Waals surface area contributed by atoms with E-state index >= 15 is 0 Å². The third-order valence-electron chi connectivity index (χ3n) is 3.61. The number of nitrogens with zero attached hydrogens (tertiary/aromatic N) is 1. The number of carbonyl (C=O) groups is 2. The number of hydrogen-bond acceptors (Lipinski definition) is 4. The van der Waals surface area contributed by atoms with E-state index < -0.39 is 0 Å². The van der Waals surface area contributed by atoms with Gasteiger partial charge in [0.2, 0.25) is 0 Å². The highest BCUT2D eigenvalue weighted by atomic mass is 16.5. The van der Waals surface area contributed by atoms with Gasteiger partial charge in [0.1, 0.15) is 11.5 Å². The van der Waals surface area contributed by atoms with Gasteiger partial charge in [-0.2, -0.15) is 0 Å². The molecule has 0 aliphatic rings. The summed E-state index contributed by atoms with van der Waals surface area (Å²) in [5.74, 6) is 0.919. The minimum Gasteiger partial charge on any atom is -0.493 e. The normalized spacial score (nSPS) is 10.6. The lowest BCUT2D eigenvalue weighted by Gasteiger charge is -2.11. The number of amides is 1. The van der Waals surface area contributed by atoms with Crippen molar-refractivity contribution < 1.29 is 19.1 Å². The molecular formula is C21H23NO4. The summed E-state index contributed by atoms with van der Waals surface area (Å²) < 4.78 is 11.0. The van der Waals surface area contributed by atoms with Crippen molar-refractivity contribution in [2.24, 2.45) is 0 Å². The van der Waals surface area contributed by atoms with Crippen molar-refractivity contribution >= 4 is 17.8 Å². The number of allylic oxidation sites excluding steroid dienone is 1. The van der Waals surface area contributed by atoms with Crippen molar-refractivity contribution in [3.8, 4) is 11.5 Å². The molecule has 0 fully saturated rings. The highest BCUT2D eigenvalue weighted by molar-refractivity contribution is 6.07. The van der Waals surface area contributed by atoms with E-state index in [0.29, 0.717) is 17.9 Å². The Balaban J connectivity index is 2.08. The Morgan fingerprint density at radius 3 is 2.54 bits per heavy atom. The summed E-state index contributed by atoms with van der Waals surface area (Å²) in [4.78, 5) is 25.5. The van der Waals surface area contributed by atoms with Crippen LogP contribution < -0.4 is 9.47 Å². The van der Waals surface area contributed by atoms with E-state index in [9.17, 15) is 9.59 Å². The van der Waals surface area contributed by atoms with Crippen molar-refractivity contribution in [2.45, 2.75) is 6.92 Å². The second-order valence-corrected chi connectivity index (χ2v) is 5.77. The first-order chi connectivity index (χ1) is 12.5. The molecule has 0 aliphatic carbocycles. The Kier molecular flexibility index (Phi) is 6.97. The number of likely N-dealkylation sites (N-methyl/N-ethyl adjacent to an activating group) is 1. The molecule has 0 bridgehead atoms. The Hall–Kier alpha value is -3.08. The zero-order chi connectivity index (χ0) is 18.9. The average Bonchev–Trinajstić information content (AvgIpc) is 2.65. The fourth-order valence-electron chi connectivity index (χ4n) is 2.18. The number of carbonyl (C=O) groups excluding carboxylic acids is 2. The van der Waals surface area contributed by atoms with Crippen LogP contribution in [-0.2, 0) is 4.79 Å². The molecule has 2 rings (SSSR count). The fourth-order valence-corrected chi connectivity index (χ4v) is 2.18. The van der Waals surface area contributed by atoms with Gasteiger partial charge in [-0.1, -0.05) is 30.3 Å². The lowest BCUT2D eigenvalue weighted by atomic mass is 10.1. The number of para-hydroxylation sites is 1. The number of benzene rings is 2. The van der Waals surface area contributed by atoms with Crippen LogP contribution in [0.5, 0.6) is 11.5 Å². The Morgan fingerprint density at radius 1 is 1.04 bits per heavy atom. The van der Waals surface area contributed by atoms with Crippen LogP contribution in [0.1, 0.15) is 22.8 Å². The van der Waals surface area contributed by atoms with Crippen LogP contribution in [0.25, 0.3) is 6.08 Å². The first-order valence-electron chi connectivity index (χ1n) is 8.38. The van der Waals surface area contributed by atoms with E-state index in [0.717, 1.165) is 11.3 Å². The van der Waals surface area contributed by atoms with Crippen LogP contribution in [-0.4, -0.2) is 43.9 Å². The van der Waals surface area contributed by atoms with Gasteiger partial charge < -0.3 is 14.4 Å². The molecule has 5 heteroatoms. The number of rotatable bonds is 8. The molecule has 0 aromatic heterocycles. The highest BCUT2D eigenvalue weighted by Gasteiger charge is 2.08. The topological polar surface area (TPSA) is 55.8 Å². The minimum absolute atomic E-state index is 0.0672. The first kappa shape index (κ1) is 19.2. The van der Waals surface area contributed by atoms with Gasteiger partial charge in [0.15, 0.2) is 12.4 Å². The molecule has 2 aromatic rings. The number of ketones is 1. The zero-order valence-corrected chi connectivity index (χ0v) is 15.3. The van der Waals surface area contributed by atoms with Gasteiger partial charge in [-0.3, -0.25) is 9.59 Å². The van der Waals surface area contributed by atoms with Crippen LogP contribution >= 0.6 is 0 Å². The molecule has 0 unspecified atom stereocenters. The average molecular weight is 353 g/mol.